The SMILES string of the molecule is COC(=O)[C@@H](Cc1cnc[nH]1)N(C)C(=O)[C@H](O)[C@@H](O)C(=O)N[C@@H](C)c1ccc(Br)cc1.C[C@H](NC(=O)[C@H](O)[C@@H](O)C(=O)N1CCC(n2c(=O)[nH]c3ccccc32)CC1)c1ccc(Br)cc1.C[C@H](NC(=O)[C@H](O)[C@@H](O)C(=O)N1CCC2(CC1)C(=O)NCN2c1ccccc1)c1ccc(Br)cc1. The number of nitrogens with one attached hydrogen (secondary N) is 6. The van der Waals surface area contributed by atoms with Crippen LogP contribution in [0.2, 0.25) is 0 Å². The van der Waals surface area contributed by atoms with Crippen molar-refractivity contribution in [2.45, 2.75) is 125 Å². The number of amides is 7. The summed E-state index contributed by atoms with van der Waals surface area (Å²) in [7, 11) is 2.45. The van der Waals surface area contributed by atoms with E-state index in [1.54, 1.807) is 49.6 Å². The van der Waals surface area contributed by atoms with E-state index in [4.69, 9.17) is 4.74 Å². The van der Waals surface area contributed by atoms with Gasteiger partial charge in [-0.05, 0) is 124 Å². The quantitative estimate of drug-likeness (QED) is 0.0458. The monoisotopic (exact) mass is 1570 g/mol. The van der Waals surface area contributed by atoms with E-state index in [1.807, 2.05) is 108 Å². The molecule has 7 amide bonds. The molecule has 10 atom stereocenters. The van der Waals surface area contributed by atoms with E-state index >= 15 is 0 Å². The molecule has 5 aromatic carbocycles. The molecular formula is C69H81Br3N12O16. The molecule has 100 heavy (non-hydrogen) atoms. The van der Waals surface area contributed by atoms with Gasteiger partial charge in [-0.25, -0.2) is 14.6 Å². The number of aromatic nitrogens is 4. The van der Waals surface area contributed by atoms with Crippen LogP contribution < -0.4 is 31.9 Å². The van der Waals surface area contributed by atoms with Crippen LogP contribution in [0.1, 0.15) is 93.0 Å². The van der Waals surface area contributed by atoms with Crippen LogP contribution >= 0.6 is 47.8 Å². The molecule has 12 N–H and O–H groups in total. The molecule has 3 aliphatic heterocycles. The highest BCUT2D eigenvalue weighted by molar-refractivity contribution is 9.11. The minimum atomic E-state index is -2.07. The number of aliphatic hydroxyl groups excluding tert-OH is 6. The predicted molar refractivity (Wildman–Crippen MR) is 377 cm³/mol. The number of ether oxygens (including phenoxy) is 1. The summed E-state index contributed by atoms with van der Waals surface area (Å²) in [6.45, 7) is 6.62. The number of likely N-dealkylation sites (N-methyl/N-ethyl adjacent to an activating group) is 1. The zero-order chi connectivity index (χ0) is 72.7. The number of esters is 1. The largest absolute Gasteiger partial charge is 0.467 e. The molecule has 31 heteroatoms. The third kappa shape index (κ3) is 18.8. The van der Waals surface area contributed by atoms with Crippen molar-refractivity contribution >= 4 is 112 Å². The first-order valence-electron chi connectivity index (χ1n) is 32.1. The van der Waals surface area contributed by atoms with Gasteiger partial charge in [-0.2, -0.15) is 0 Å². The molecule has 2 aromatic heterocycles. The molecule has 3 fully saturated rings. The molecule has 3 aliphatic rings. The Labute approximate surface area is 600 Å². The number of carbonyl (C=O) groups excluding carboxylic acids is 8. The van der Waals surface area contributed by atoms with Crippen molar-refractivity contribution in [3.8, 4) is 0 Å². The average molecular weight is 1570 g/mol. The van der Waals surface area contributed by atoms with Crippen molar-refractivity contribution in [1.82, 2.24) is 55.5 Å². The van der Waals surface area contributed by atoms with Crippen LogP contribution in [0, 0.1) is 0 Å². The first kappa shape index (κ1) is 77.1. The van der Waals surface area contributed by atoms with Gasteiger partial charge in [0.15, 0.2) is 36.6 Å². The van der Waals surface area contributed by atoms with E-state index in [1.165, 1.54) is 36.5 Å². The standard InChI is InChI=1S/C25H29BrN4O5.C24H27BrN4O5.C20H25BrN4O6/c1-16(17-7-9-18(26)10-8-17)28-22(33)20(31)21(32)23(34)29-13-11-25(12-14-29)24(35)27-15-30(25)19-5-3-2-4-6-19;1-14(15-6-8-16(25)9-7-15)26-22(32)20(30)21(31)23(33)28-12-10-17(11-13-28)29-19-5-3-2-4-18(19)27-24(29)34;1-11(12-4-6-13(21)7-5-12)24-18(28)16(26)17(27)19(29)25(2)15(20(30)31-3)8-14-9-22-10-23-14/h2-10,16,20-21,31-32H,11-15H2,1H3,(H,27,35)(H,28,33);2-9,14,17,20-21,30-31H,10-13H2,1H3,(H,26,32)(H,27,34);4-7,9-11,15-17,26-27H,8H2,1-3H3,(H,22,23)(H,24,28)/t16-,20+,21+;14-,20+,21+;11-,15+,16+,17+/m000/s1. The molecule has 3 saturated heterocycles. The fourth-order valence-corrected chi connectivity index (χ4v) is 12.8. The molecule has 0 aliphatic carbocycles. The molecule has 7 aromatic rings. The van der Waals surface area contributed by atoms with E-state index in [-0.39, 0.29) is 37.1 Å². The van der Waals surface area contributed by atoms with Crippen molar-refractivity contribution in [3.63, 3.8) is 0 Å². The van der Waals surface area contributed by atoms with Gasteiger partial charge in [0.2, 0.25) is 5.91 Å². The molecule has 1 spiro atoms. The van der Waals surface area contributed by atoms with Crippen LogP contribution in [0.15, 0.2) is 158 Å². The van der Waals surface area contributed by atoms with Crippen LogP contribution in [-0.4, -0.2) is 207 Å². The number of anilines is 1. The summed E-state index contributed by atoms with van der Waals surface area (Å²) in [6.07, 6.45) is -6.95. The van der Waals surface area contributed by atoms with Gasteiger partial charge in [0.1, 0.15) is 11.6 Å². The lowest BCUT2D eigenvalue weighted by molar-refractivity contribution is -0.160. The Kier molecular flexibility index (Phi) is 27.1. The first-order valence-corrected chi connectivity index (χ1v) is 34.5. The highest BCUT2D eigenvalue weighted by Crippen LogP contribution is 2.37. The lowest BCUT2D eigenvalue weighted by atomic mass is 9.85. The predicted octanol–water partition coefficient (Wildman–Crippen LogP) is 3.47. The number of likely N-dealkylation sites (tertiary alicyclic amines) is 2. The Balaban J connectivity index is 0.000000191. The second kappa shape index (κ2) is 35.1. The summed E-state index contributed by atoms with van der Waals surface area (Å²) in [4.78, 5) is 128. The van der Waals surface area contributed by atoms with E-state index in [0.717, 1.165) is 51.7 Å². The number of rotatable bonds is 21. The second-order valence-corrected chi connectivity index (χ2v) is 27.2. The highest BCUT2D eigenvalue weighted by Gasteiger charge is 2.52. The molecular weight excluding hydrogens is 1490 g/mol. The van der Waals surface area contributed by atoms with E-state index in [0.29, 0.717) is 51.1 Å². The molecule has 0 unspecified atom stereocenters. The van der Waals surface area contributed by atoms with Gasteiger partial charge in [0.25, 0.3) is 35.4 Å². The average Bonchev–Trinajstić information content (AvgIpc) is 1.56. The number of hydrogen-bond acceptors (Lipinski definition) is 18. The summed E-state index contributed by atoms with van der Waals surface area (Å²) in [5.41, 5.74) is 4.47. The summed E-state index contributed by atoms with van der Waals surface area (Å²) < 4.78 is 9.11. The normalized spacial score (nSPS) is 17.4. The lowest BCUT2D eigenvalue weighted by Crippen LogP contribution is -2.59. The molecule has 0 radical (unpaired) electrons. The number of imidazole rings is 2. The number of aromatic amines is 2. The number of piperidine rings is 2. The van der Waals surface area contributed by atoms with Gasteiger partial charge >= 0.3 is 11.7 Å². The zero-order valence-electron chi connectivity index (χ0n) is 55.3. The van der Waals surface area contributed by atoms with Gasteiger partial charge < -0.3 is 86.2 Å². The summed E-state index contributed by atoms with van der Waals surface area (Å²) in [6, 6.07) is 36.3. The number of para-hydroxylation sites is 3. The second-order valence-electron chi connectivity index (χ2n) is 24.4. The Hall–Kier alpha value is -8.66. The van der Waals surface area contributed by atoms with Gasteiger partial charge in [0.05, 0.1) is 49.3 Å². The van der Waals surface area contributed by atoms with Crippen molar-refractivity contribution in [1.29, 1.82) is 0 Å². The molecule has 28 nitrogen and oxygen atoms in total. The number of halogens is 3. The van der Waals surface area contributed by atoms with Crippen molar-refractivity contribution in [2.75, 3.05) is 51.9 Å². The summed E-state index contributed by atoms with van der Waals surface area (Å²) in [5, 5.41) is 72.8. The number of nitrogens with zero attached hydrogens (tertiary/aromatic N) is 6. The topological polar surface area (TPSA) is 395 Å². The first-order chi connectivity index (χ1) is 47.6. The maximum atomic E-state index is 12.9. The van der Waals surface area contributed by atoms with Gasteiger partial charge in [-0.3, -0.25) is 38.1 Å². The number of carbonyl (C=O) groups is 8. The van der Waals surface area contributed by atoms with Gasteiger partial charge in [0, 0.05) is 76.7 Å². The minimum Gasteiger partial charge on any atom is -0.467 e. The third-order valence-electron chi connectivity index (χ3n) is 18.0. The third-order valence-corrected chi connectivity index (χ3v) is 19.6. The Morgan fingerprint density at radius 3 is 1.50 bits per heavy atom. The fourth-order valence-electron chi connectivity index (χ4n) is 12.0. The molecule has 5 heterocycles. The number of benzene rings is 5. The Bertz CT molecular complexity index is 4000. The molecule has 10 rings (SSSR count). The van der Waals surface area contributed by atoms with Crippen molar-refractivity contribution in [2.24, 2.45) is 0 Å². The fraction of sp³-hybridized carbons (Fsp3) is 0.391. The number of methoxy groups -OCH3 is 1. The number of fused-ring (bicyclic) bond motifs is 1. The van der Waals surface area contributed by atoms with Crippen LogP contribution in [0.25, 0.3) is 11.0 Å². The minimum absolute atomic E-state index is 0.0462. The Morgan fingerprint density at radius 1 is 0.610 bits per heavy atom. The Morgan fingerprint density at radius 2 is 1.05 bits per heavy atom. The van der Waals surface area contributed by atoms with Crippen LogP contribution in [0.5, 0.6) is 0 Å². The van der Waals surface area contributed by atoms with E-state index in [9.17, 15) is 73.8 Å². The van der Waals surface area contributed by atoms with E-state index < -0.39 is 108 Å². The maximum Gasteiger partial charge on any atom is 0.328 e. The van der Waals surface area contributed by atoms with E-state index in [2.05, 4.69) is 84.0 Å². The highest BCUT2D eigenvalue weighted by atomic mass is 79.9. The maximum absolute atomic E-state index is 12.9. The number of aliphatic hydroxyl groups is 6. The van der Waals surface area contributed by atoms with Gasteiger partial charge in [-0.1, -0.05) is 115 Å². The smallest absolute Gasteiger partial charge is 0.328 e. The van der Waals surface area contributed by atoms with Gasteiger partial charge in [-0.15, -0.1) is 0 Å². The lowest BCUT2D eigenvalue weighted by Gasteiger charge is -2.43. The van der Waals surface area contributed by atoms with Crippen LogP contribution in [0.3, 0.4) is 0 Å². The van der Waals surface area contributed by atoms with Crippen LogP contribution in [-0.2, 0) is 49.5 Å². The molecule has 534 valence electrons. The molecule has 0 bridgehead atoms. The van der Waals surface area contributed by atoms with Crippen molar-refractivity contribution in [3.05, 3.63) is 186 Å². The number of H-pyrrole nitrogens is 2. The molecule has 0 saturated carbocycles. The number of hydrogen-bond donors (Lipinski definition) is 12. The summed E-state index contributed by atoms with van der Waals surface area (Å²) in [5.74, 6) is -5.83. The zero-order valence-corrected chi connectivity index (χ0v) is 60.0. The summed E-state index contributed by atoms with van der Waals surface area (Å²) >= 11 is 10.0. The van der Waals surface area contributed by atoms with Crippen molar-refractivity contribution < 1.29 is 73.7 Å². The van der Waals surface area contributed by atoms with Crippen LogP contribution in [0.4, 0.5) is 5.69 Å².